The molecule has 3 rings (SSSR count). The highest BCUT2D eigenvalue weighted by Crippen LogP contribution is 2.12. The summed E-state index contributed by atoms with van der Waals surface area (Å²) >= 11 is 0. The number of nitrogens with one attached hydrogen (secondary N) is 2. The van der Waals surface area contributed by atoms with Crippen LogP contribution in [0.1, 0.15) is 0 Å². The predicted octanol–water partition coefficient (Wildman–Crippen LogP) is 1.17. The van der Waals surface area contributed by atoms with Gasteiger partial charge in [-0.2, -0.15) is 0 Å². The summed E-state index contributed by atoms with van der Waals surface area (Å²) in [5.41, 5.74) is 0.522. The molecule has 1 aromatic carbocycles. The molecule has 1 unspecified atom stereocenters. The van der Waals surface area contributed by atoms with Gasteiger partial charge < -0.3 is 15.5 Å². The number of anilines is 2. The average molecular weight is 319 g/mol. The Bertz CT molecular complexity index is 677. The molecule has 1 fully saturated rings. The van der Waals surface area contributed by atoms with Gasteiger partial charge in [0, 0.05) is 25.3 Å². The van der Waals surface area contributed by atoms with Crippen LogP contribution in [-0.4, -0.2) is 41.6 Å². The van der Waals surface area contributed by atoms with E-state index in [1.165, 1.54) is 24.3 Å². The summed E-state index contributed by atoms with van der Waals surface area (Å²) in [6.07, 6.45) is 2.19. The monoisotopic (exact) mass is 319 g/mol. The number of carbonyl (C=O) groups is 1. The molecular formula is C15H15F2N5O. The van der Waals surface area contributed by atoms with E-state index in [4.69, 9.17) is 0 Å². The van der Waals surface area contributed by atoms with Crippen molar-refractivity contribution in [3.63, 3.8) is 0 Å². The Morgan fingerprint density at radius 3 is 2.57 bits per heavy atom. The van der Waals surface area contributed by atoms with Crippen LogP contribution >= 0.6 is 0 Å². The van der Waals surface area contributed by atoms with E-state index in [1.54, 1.807) is 0 Å². The van der Waals surface area contributed by atoms with Crippen LogP contribution < -0.4 is 15.5 Å². The summed E-state index contributed by atoms with van der Waals surface area (Å²) in [5, 5.41) is 5.83. The largest absolute Gasteiger partial charge is 0.337 e. The number of carbonyl (C=O) groups excluding carboxylic acids is 1. The van der Waals surface area contributed by atoms with E-state index in [0.717, 1.165) is 12.4 Å². The second-order valence-corrected chi connectivity index (χ2v) is 5.15. The number of amides is 1. The Labute approximate surface area is 131 Å². The lowest BCUT2D eigenvalue weighted by Gasteiger charge is -2.32. The van der Waals surface area contributed by atoms with Crippen LogP contribution in [0.3, 0.4) is 0 Å². The smallest absolute Gasteiger partial charge is 0.243 e. The first-order chi connectivity index (χ1) is 11.1. The minimum Gasteiger partial charge on any atom is -0.337 e. The van der Waals surface area contributed by atoms with Crippen LogP contribution in [0, 0.1) is 11.6 Å². The van der Waals surface area contributed by atoms with Crippen LogP contribution in [-0.2, 0) is 4.79 Å². The normalized spacial score (nSPS) is 17.8. The average Bonchev–Trinajstić information content (AvgIpc) is 2.58. The zero-order valence-corrected chi connectivity index (χ0v) is 12.2. The number of nitrogens with zero attached hydrogens (tertiary/aromatic N) is 3. The van der Waals surface area contributed by atoms with Crippen molar-refractivity contribution in [3.05, 3.63) is 48.3 Å². The summed E-state index contributed by atoms with van der Waals surface area (Å²) in [5.74, 6) is -0.719. The van der Waals surface area contributed by atoms with E-state index in [0.29, 0.717) is 31.3 Å². The molecule has 1 aliphatic heterocycles. The van der Waals surface area contributed by atoms with Crippen molar-refractivity contribution in [2.24, 2.45) is 0 Å². The van der Waals surface area contributed by atoms with Gasteiger partial charge >= 0.3 is 0 Å². The minimum atomic E-state index is -0.505. The van der Waals surface area contributed by atoms with Crippen molar-refractivity contribution in [3.8, 4) is 0 Å². The highest BCUT2D eigenvalue weighted by Gasteiger charge is 2.26. The van der Waals surface area contributed by atoms with Gasteiger partial charge in [-0.25, -0.2) is 18.7 Å². The molecule has 1 amide bonds. The maximum absolute atomic E-state index is 12.9. The summed E-state index contributed by atoms with van der Waals surface area (Å²) in [7, 11) is 0. The Hall–Kier alpha value is -2.61. The summed E-state index contributed by atoms with van der Waals surface area (Å²) in [4.78, 5) is 22.0. The predicted molar refractivity (Wildman–Crippen MR) is 81.0 cm³/mol. The highest BCUT2D eigenvalue weighted by molar-refractivity contribution is 5.95. The SMILES string of the molecule is O=C(Nc1ccc(F)cc1)C1CN(c2ncc(F)cn2)CCN1. The lowest BCUT2D eigenvalue weighted by molar-refractivity contribution is -0.118. The molecule has 0 radical (unpaired) electrons. The number of piperazine rings is 1. The first-order valence-electron chi connectivity index (χ1n) is 7.14. The number of hydrogen-bond acceptors (Lipinski definition) is 5. The second-order valence-electron chi connectivity index (χ2n) is 5.15. The molecule has 1 saturated heterocycles. The van der Waals surface area contributed by atoms with E-state index in [2.05, 4.69) is 20.6 Å². The third-order valence-electron chi connectivity index (χ3n) is 3.49. The molecule has 2 N–H and O–H groups in total. The summed E-state index contributed by atoms with van der Waals surface area (Å²) in [6, 6.07) is 5.08. The molecule has 1 aromatic heterocycles. The molecule has 2 heterocycles. The lowest BCUT2D eigenvalue weighted by Crippen LogP contribution is -2.56. The number of rotatable bonds is 3. The van der Waals surface area contributed by atoms with Gasteiger partial charge in [0.1, 0.15) is 11.9 Å². The molecule has 0 spiro atoms. The second kappa shape index (κ2) is 6.66. The fraction of sp³-hybridized carbons (Fsp3) is 0.267. The quantitative estimate of drug-likeness (QED) is 0.889. The molecule has 1 aliphatic rings. The molecule has 6 nitrogen and oxygen atoms in total. The molecule has 0 saturated carbocycles. The van der Waals surface area contributed by atoms with E-state index in [1.807, 2.05) is 4.90 Å². The number of aromatic nitrogens is 2. The molecule has 2 aromatic rings. The molecule has 0 aliphatic carbocycles. The Morgan fingerprint density at radius 1 is 1.17 bits per heavy atom. The number of hydrogen-bond donors (Lipinski definition) is 2. The van der Waals surface area contributed by atoms with Gasteiger partial charge in [0.15, 0.2) is 5.82 Å². The zero-order chi connectivity index (χ0) is 16.2. The summed E-state index contributed by atoms with van der Waals surface area (Å²) in [6.45, 7) is 1.55. The molecule has 0 bridgehead atoms. The first kappa shape index (κ1) is 15.3. The maximum Gasteiger partial charge on any atom is 0.243 e. The fourth-order valence-electron chi connectivity index (χ4n) is 2.34. The Balaban J connectivity index is 1.64. The van der Waals surface area contributed by atoms with Gasteiger partial charge in [0.05, 0.1) is 12.4 Å². The molecule has 23 heavy (non-hydrogen) atoms. The van der Waals surface area contributed by atoms with Crippen LogP contribution in [0.4, 0.5) is 20.4 Å². The third kappa shape index (κ3) is 3.78. The molecule has 8 heteroatoms. The van der Waals surface area contributed by atoms with Crippen LogP contribution in [0.15, 0.2) is 36.7 Å². The van der Waals surface area contributed by atoms with E-state index in [9.17, 15) is 13.6 Å². The van der Waals surface area contributed by atoms with E-state index < -0.39 is 11.9 Å². The molecule has 120 valence electrons. The van der Waals surface area contributed by atoms with Crippen molar-refractivity contribution in [2.75, 3.05) is 29.9 Å². The molecular weight excluding hydrogens is 304 g/mol. The standard InChI is InChI=1S/C15H15F2N5O/c16-10-1-3-12(4-2-10)21-14(23)13-9-22(6-5-18-13)15-19-7-11(17)8-20-15/h1-4,7-8,13,18H,5-6,9H2,(H,21,23). The zero-order valence-electron chi connectivity index (χ0n) is 12.2. The van der Waals surface area contributed by atoms with Crippen molar-refractivity contribution in [1.82, 2.24) is 15.3 Å². The van der Waals surface area contributed by atoms with Gasteiger partial charge in [0.25, 0.3) is 0 Å². The van der Waals surface area contributed by atoms with Crippen LogP contribution in [0.5, 0.6) is 0 Å². The first-order valence-corrected chi connectivity index (χ1v) is 7.14. The summed E-state index contributed by atoms with van der Waals surface area (Å²) < 4.78 is 25.8. The fourth-order valence-corrected chi connectivity index (χ4v) is 2.34. The molecule has 1 atom stereocenters. The van der Waals surface area contributed by atoms with Gasteiger partial charge in [-0.3, -0.25) is 4.79 Å². The van der Waals surface area contributed by atoms with Gasteiger partial charge in [0.2, 0.25) is 11.9 Å². The van der Waals surface area contributed by atoms with Gasteiger partial charge in [-0.1, -0.05) is 0 Å². The number of halogens is 2. The van der Waals surface area contributed by atoms with Crippen molar-refractivity contribution >= 4 is 17.5 Å². The van der Waals surface area contributed by atoms with Gasteiger partial charge in [-0.05, 0) is 24.3 Å². The van der Waals surface area contributed by atoms with Crippen molar-refractivity contribution in [2.45, 2.75) is 6.04 Å². The van der Waals surface area contributed by atoms with Crippen LogP contribution in [0.25, 0.3) is 0 Å². The Kier molecular flexibility index (Phi) is 4.42. The van der Waals surface area contributed by atoms with Crippen molar-refractivity contribution < 1.29 is 13.6 Å². The topological polar surface area (TPSA) is 70.2 Å². The minimum absolute atomic E-state index is 0.233. The van der Waals surface area contributed by atoms with E-state index >= 15 is 0 Å². The van der Waals surface area contributed by atoms with Gasteiger partial charge in [-0.15, -0.1) is 0 Å². The van der Waals surface area contributed by atoms with Crippen LogP contribution in [0.2, 0.25) is 0 Å². The van der Waals surface area contributed by atoms with E-state index in [-0.39, 0.29) is 11.7 Å². The maximum atomic E-state index is 12.9. The highest BCUT2D eigenvalue weighted by atomic mass is 19.1. The lowest BCUT2D eigenvalue weighted by atomic mass is 10.2. The Morgan fingerprint density at radius 2 is 1.87 bits per heavy atom. The number of benzene rings is 1. The third-order valence-corrected chi connectivity index (χ3v) is 3.49. The van der Waals surface area contributed by atoms with Crippen molar-refractivity contribution in [1.29, 1.82) is 0 Å².